The highest BCUT2D eigenvalue weighted by atomic mass is 19.2. The molecule has 0 aromatic heterocycles. The Morgan fingerprint density at radius 3 is 2.29 bits per heavy atom. The van der Waals surface area contributed by atoms with Crippen molar-refractivity contribution in [1.82, 2.24) is 0 Å². The fourth-order valence-electron chi connectivity index (χ4n) is 3.50. The highest BCUT2D eigenvalue weighted by molar-refractivity contribution is 6.46. The zero-order chi connectivity index (χ0) is 22.1. The van der Waals surface area contributed by atoms with E-state index < -0.39 is 23.4 Å². The van der Waals surface area contributed by atoms with Crippen LogP contribution in [-0.4, -0.2) is 18.9 Å². The van der Waals surface area contributed by atoms with E-state index in [9.17, 15) is 18.4 Å². The SMILES string of the molecule is COc1ccccc1C1=C(Nc2ccc(F)c(F)c2)C(=O)N(c2ccccc2C)C1=O. The van der Waals surface area contributed by atoms with Crippen LogP contribution >= 0.6 is 0 Å². The number of amides is 2. The number of benzene rings is 3. The van der Waals surface area contributed by atoms with Crippen molar-refractivity contribution in [2.24, 2.45) is 0 Å². The second-order valence-electron chi connectivity index (χ2n) is 6.94. The monoisotopic (exact) mass is 420 g/mol. The van der Waals surface area contributed by atoms with E-state index in [0.29, 0.717) is 17.0 Å². The molecule has 5 nitrogen and oxygen atoms in total. The van der Waals surface area contributed by atoms with Crippen LogP contribution in [0.4, 0.5) is 20.2 Å². The van der Waals surface area contributed by atoms with Gasteiger partial charge in [0.15, 0.2) is 11.6 Å². The molecule has 1 heterocycles. The number of aryl methyl sites for hydroxylation is 1. The molecule has 3 aromatic carbocycles. The smallest absolute Gasteiger partial charge is 0.282 e. The molecule has 0 radical (unpaired) electrons. The number of carbonyl (C=O) groups excluding carboxylic acids is 2. The number of methoxy groups -OCH3 is 1. The van der Waals surface area contributed by atoms with Crippen molar-refractivity contribution in [3.8, 4) is 5.75 Å². The first kappa shape index (κ1) is 20.3. The number of hydrogen-bond acceptors (Lipinski definition) is 4. The predicted molar refractivity (Wildman–Crippen MR) is 114 cm³/mol. The van der Waals surface area contributed by atoms with Gasteiger partial charge in [0.05, 0.1) is 18.4 Å². The molecule has 0 saturated heterocycles. The van der Waals surface area contributed by atoms with Gasteiger partial charge in [-0.1, -0.05) is 36.4 Å². The molecule has 0 fully saturated rings. The topological polar surface area (TPSA) is 58.6 Å². The highest BCUT2D eigenvalue weighted by Crippen LogP contribution is 2.38. The minimum Gasteiger partial charge on any atom is -0.496 e. The van der Waals surface area contributed by atoms with Crippen molar-refractivity contribution in [3.05, 3.63) is 95.2 Å². The number of carbonyl (C=O) groups is 2. The lowest BCUT2D eigenvalue weighted by Gasteiger charge is -2.17. The summed E-state index contributed by atoms with van der Waals surface area (Å²) in [5.41, 5.74) is 1.74. The van der Waals surface area contributed by atoms with Crippen molar-refractivity contribution in [1.29, 1.82) is 0 Å². The Morgan fingerprint density at radius 2 is 1.58 bits per heavy atom. The van der Waals surface area contributed by atoms with Gasteiger partial charge in [0.1, 0.15) is 11.4 Å². The Morgan fingerprint density at radius 1 is 0.871 bits per heavy atom. The van der Waals surface area contributed by atoms with Crippen molar-refractivity contribution in [2.75, 3.05) is 17.3 Å². The van der Waals surface area contributed by atoms with Gasteiger partial charge in [-0.2, -0.15) is 0 Å². The Balaban J connectivity index is 1.88. The molecule has 31 heavy (non-hydrogen) atoms. The van der Waals surface area contributed by atoms with Crippen LogP contribution in [0.5, 0.6) is 5.75 Å². The van der Waals surface area contributed by atoms with Gasteiger partial charge in [0.25, 0.3) is 11.8 Å². The maximum atomic E-state index is 13.7. The van der Waals surface area contributed by atoms with E-state index in [0.717, 1.165) is 22.6 Å². The summed E-state index contributed by atoms with van der Waals surface area (Å²) in [7, 11) is 1.46. The van der Waals surface area contributed by atoms with Crippen LogP contribution in [0, 0.1) is 18.6 Å². The zero-order valence-electron chi connectivity index (χ0n) is 16.8. The quantitative estimate of drug-likeness (QED) is 0.609. The van der Waals surface area contributed by atoms with Crippen molar-refractivity contribution >= 4 is 28.8 Å². The minimum absolute atomic E-state index is 0.0521. The Bertz CT molecular complexity index is 1240. The molecule has 0 spiro atoms. The normalized spacial score (nSPS) is 13.7. The zero-order valence-corrected chi connectivity index (χ0v) is 16.8. The number of rotatable bonds is 5. The van der Waals surface area contributed by atoms with E-state index in [1.807, 2.05) is 0 Å². The van der Waals surface area contributed by atoms with Gasteiger partial charge in [-0.15, -0.1) is 0 Å². The van der Waals surface area contributed by atoms with Crippen LogP contribution in [0.15, 0.2) is 72.4 Å². The third-order valence-corrected chi connectivity index (χ3v) is 5.01. The maximum absolute atomic E-state index is 13.7. The summed E-state index contributed by atoms with van der Waals surface area (Å²) < 4.78 is 32.5. The number of ether oxygens (including phenoxy) is 1. The molecule has 1 aliphatic rings. The summed E-state index contributed by atoms with van der Waals surface area (Å²) in [4.78, 5) is 27.9. The average Bonchev–Trinajstić information content (AvgIpc) is 3.00. The number of hydrogen-bond donors (Lipinski definition) is 1. The van der Waals surface area contributed by atoms with Crippen molar-refractivity contribution in [3.63, 3.8) is 0 Å². The molecule has 0 saturated carbocycles. The van der Waals surface area contributed by atoms with Crippen LogP contribution in [0.1, 0.15) is 11.1 Å². The number of anilines is 2. The van der Waals surface area contributed by atoms with Gasteiger partial charge in [-0.25, -0.2) is 13.7 Å². The van der Waals surface area contributed by atoms with Crippen molar-refractivity contribution in [2.45, 2.75) is 6.92 Å². The van der Waals surface area contributed by atoms with Gasteiger partial charge in [0, 0.05) is 17.3 Å². The lowest BCUT2D eigenvalue weighted by atomic mass is 10.0. The lowest BCUT2D eigenvalue weighted by molar-refractivity contribution is -0.120. The van der Waals surface area contributed by atoms with E-state index in [1.165, 1.54) is 13.2 Å². The Labute approximate surface area is 177 Å². The number of nitrogens with one attached hydrogen (secondary N) is 1. The van der Waals surface area contributed by atoms with E-state index in [2.05, 4.69) is 5.32 Å². The van der Waals surface area contributed by atoms with Gasteiger partial charge >= 0.3 is 0 Å². The third kappa shape index (κ3) is 3.54. The molecular formula is C24H18F2N2O3. The third-order valence-electron chi connectivity index (χ3n) is 5.01. The Hall–Kier alpha value is -4.00. The first-order chi connectivity index (χ1) is 14.9. The largest absolute Gasteiger partial charge is 0.496 e. The molecule has 1 aliphatic heterocycles. The summed E-state index contributed by atoms with van der Waals surface area (Å²) in [6.45, 7) is 1.79. The van der Waals surface area contributed by atoms with E-state index in [-0.39, 0.29) is 17.0 Å². The fourth-order valence-corrected chi connectivity index (χ4v) is 3.50. The van der Waals surface area contributed by atoms with E-state index in [1.54, 1.807) is 55.5 Å². The minimum atomic E-state index is -1.07. The summed E-state index contributed by atoms with van der Waals surface area (Å²) in [5.74, 6) is -2.84. The molecule has 2 amide bonds. The highest BCUT2D eigenvalue weighted by Gasteiger charge is 2.41. The van der Waals surface area contributed by atoms with Crippen LogP contribution in [-0.2, 0) is 9.59 Å². The fraction of sp³-hybridized carbons (Fsp3) is 0.0833. The number of imide groups is 1. The number of nitrogens with zero attached hydrogens (tertiary/aromatic N) is 1. The maximum Gasteiger partial charge on any atom is 0.282 e. The van der Waals surface area contributed by atoms with Crippen LogP contribution in [0.3, 0.4) is 0 Å². The van der Waals surface area contributed by atoms with Gasteiger partial charge in [-0.05, 0) is 36.8 Å². The molecule has 3 aromatic rings. The molecule has 7 heteroatoms. The number of para-hydroxylation sites is 2. The van der Waals surface area contributed by atoms with Crippen LogP contribution in [0.25, 0.3) is 5.57 Å². The summed E-state index contributed by atoms with van der Waals surface area (Å²) in [6.07, 6.45) is 0. The second-order valence-corrected chi connectivity index (χ2v) is 6.94. The summed E-state index contributed by atoms with van der Waals surface area (Å²) in [5, 5.41) is 2.81. The molecule has 1 N–H and O–H groups in total. The van der Waals surface area contributed by atoms with Gasteiger partial charge in [-0.3, -0.25) is 9.59 Å². The summed E-state index contributed by atoms with van der Waals surface area (Å²) >= 11 is 0. The van der Waals surface area contributed by atoms with E-state index >= 15 is 0 Å². The molecule has 0 bridgehead atoms. The molecule has 0 atom stereocenters. The summed E-state index contributed by atoms with van der Waals surface area (Å²) in [6, 6.07) is 17.0. The molecular weight excluding hydrogens is 402 g/mol. The first-order valence-electron chi connectivity index (χ1n) is 9.46. The van der Waals surface area contributed by atoms with Gasteiger partial charge < -0.3 is 10.1 Å². The van der Waals surface area contributed by atoms with Crippen molar-refractivity contribution < 1.29 is 23.1 Å². The number of halogens is 2. The molecule has 4 rings (SSSR count). The van der Waals surface area contributed by atoms with Gasteiger partial charge in [0.2, 0.25) is 0 Å². The predicted octanol–water partition coefficient (Wildman–Crippen LogP) is 4.68. The first-order valence-corrected chi connectivity index (χ1v) is 9.46. The van der Waals surface area contributed by atoms with Crippen LogP contribution in [0.2, 0.25) is 0 Å². The van der Waals surface area contributed by atoms with Crippen LogP contribution < -0.4 is 15.0 Å². The molecule has 0 aliphatic carbocycles. The molecule has 0 unspecified atom stereocenters. The average molecular weight is 420 g/mol. The lowest BCUT2D eigenvalue weighted by Crippen LogP contribution is -2.33. The van der Waals surface area contributed by atoms with E-state index in [4.69, 9.17) is 4.74 Å². The standard InChI is InChI=1S/C24H18F2N2O3/c1-14-7-3-5-9-19(14)28-23(29)21(16-8-4-6-10-20(16)31-2)22(24(28)30)27-15-11-12-17(25)18(26)13-15/h3-13,27H,1-2H3. The molecule has 156 valence electrons. The Kier molecular flexibility index (Phi) is 5.25. The second kappa shape index (κ2) is 8.02.